The van der Waals surface area contributed by atoms with Crippen LogP contribution in [0, 0.1) is 13.8 Å². The number of nitrogens with one attached hydrogen (secondary N) is 1. The van der Waals surface area contributed by atoms with Crippen LogP contribution in [-0.4, -0.2) is 19.1 Å². The molecule has 0 aliphatic carbocycles. The standard InChI is InChI=1S/C11H19N3/c1-8-3-4-11(9(2)5-8)14-7-10(13)6-12/h3-5,10,14H,6-7,12-13H2,1-2H3. The molecule has 0 saturated carbocycles. The summed E-state index contributed by atoms with van der Waals surface area (Å²) in [6.07, 6.45) is 0. The first-order valence-corrected chi connectivity index (χ1v) is 4.90. The smallest absolute Gasteiger partial charge is 0.0370 e. The third-order valence-electron chi connectivity index (χ3n) is 2.24. The summed E-state index contributed by atoms with van der Waals surface area (Å²) in [5, 5.41) is 3.29. The van der Waals surface area contributed by atoms with E-state index in [0.29, 0.717) is 6.54 Å². The molecule has 3 heteroatoms. The number of hydrogen-bond acceptors (Lipinski definition) is 3. The van der Waals surface area contributed by atoms with Crippen LogP contribution in [0.15, 0.2) is 18.2 Å². The first-order valence-electron chi connectivity index (χ1n) is 4.90. The van der Waals surface area contributed by atoms with E-state index in [9.17, 15) is 0 Å². The van der Waals surface area contributed by atoms with Crippen LogP contribution in [0.4, 0.5) is 5.69 Å². The Balaban J connectivity index is 2.59. The molecule has 78 valence electrons. The molecule has 5 N–H and O–H groups in total. The minimum atomic E-state index is 0.0238. The molecule has 14 heavy (non-hydrogen) atoms. The Morgan fingerprint density at radius 1 is 1.36 bits per heavy atom. The lowest BCUT2D eigenvalue weighted by Crippen LogP contribution is -2.36. The molecule has 0 aliphatic heterocycles. The first kappa shape index (κ1) is 11.0. The normalized spacial score (nSPS) is 12.6. The van der Waals surface area contributed by atoms with Crippen LogP contribution in [0.5, 0.6) is 0 Å². The van der Waals surface area contributed by atoms with Gasteiger partial charge in [0.2, 0.25) is 0 Å². The molecular weight excluding hydrogens is 174 g/mol. The topological polar surface area (TPSA) is 64.1 Å². The molecule has 0 spiro atoms. The summed E-state index contributed by atoms with van der Waals surface area (Å²) in [4.78, 5) is 0. The van der Waals surface area contributed by atoms with Gasteiger partial charge in [-0.2, -0.15) is 0 Å². The first-order chi connectivity index (χ1) is 6.63. The van der Waals surface area contributed by atoms with Crippen molar-refractivity contribution in [2.75, 3.05) is 18.4 Å². The van der Waals surface area contributed by atoms with Gasteiger partial charge in [0, 0.05) is 24.8 Å². The molecule has 0 amide bonds. The molecule has 0 heterocycles. The number of anilines is 1. The highest BCUT2D eigenvalue weighted by Gasteiger charge is 2.01. The van der Waals surface area contributed by atoms with Crippen molar-refractivity contribution in [1.82, 2.24) is 0 Å². The molecule has 0 bridgehead atoms. The van der Waals surface area contributed by atoms with E-state index >= 15 is 0 Å². The third-order valence-corrected chi connectivity index (χ3v) is 2.24. The maximum Gasteiger partial charge on any atom is 0.0370 e. The lowest BCUT2D eigenvalue weighted by molar-refractivity contribution is 0.713. The van der Waals surface area contributed by atoms with E-state index in [1.165, 1.54) is 11.1 Å². The third kappa shape index (κ3) is 3.01. The average molecular weight is 193 g/mol. The Labute approximate surface area is 85.5 Å². The lowest BCUT2D eigenvalue weighted by Gasteiger charge is -2.13. The minimum Gasteiger partial charge on any atom is -0.383 e. The second-order valence-electron chi connectivity index (χ2n) is 3.70. The van der Waals surface area contributed by atoms with Crippen molar-refractivity contribution < 1.29 is 0 Å². The molecule has 1 aromatic carbocycles. The molecule has 0 saturated heterocycles. The fourth-order valence-electron chi connectivity index (χ4n) is 1.34. The molecule has 0 fully saturated rings. The van der Waals surface area contributed by atoms with Gasteiger partial charge >= 0.3 is 0 Å². The van der Waals surface area contributed by atoms with Gasteiger partial charge in [0.25, 0.3) is 0 Å². The fraction of sp³-hybridized carbons (Fsp3) is 0.455. The van der Waals surface area contributed by atoms with Crippen LogP contribution in [0.1, 0.15) is 11.1 Å². The van der Waals surface area contributed by atoms with Gasteiger partial charge in [0.15, 0.2) is 0 Å². The molecule has 1 atom stereocenters. The highest BCUT2D eigenvalue weighted by atomic mass is 14.9. The van der Waals surface area contributed by atoms with E-state index < -0.39 is 0 Å². The largest absolute Gasteiger partial charge is 0.383 e. The SMILES string of the molecule is Cc1ccc(NCC(N)CN)c(C)c1. The quantitative estimate of drug-likeness (QED) is 0.668. The van der Waals surface area contributed by atoms with Gasteiger partial charge in [0.05, 0.1) is 0 Å². The van der Waals surface area contributed by atoms with Crippen molar-refractivity contribution >= 4 is 5.69 Å². The summed E-state index contributed by atoms with van der Waals surface area (Å²) in [6.45, 7) is 5.41. The summed E-state index contributed by atoms with van der Waals surface area (Å²) in [7, 11) is 0. The average Bonchev–Trinajstić information content (AvgIpc) is 2.16. The number of nitrogens with two attached hydrogens (primary N) is 2. The van der Waals surface area contributed by atoms with Crippen molar-refractivity contribution in [2.24, 2.45) is 11.5 Å². The highest BCUT2D eigenvalue weighted by Crippen LogP contribution is 2.15. The van der Waals surface area contributed by atoms with Gasteiger partial charge in [-0.25, -0.2) is 0 Å². The van der Waals surface area contributed by atoms with Crippen LogP contribution in [0.3, 0.4) is 0 Å². The molecule has 3 nitrogen and oxygen atoms in total. The van der Waals surface area contributed by atoms with Crippen LogP contribution in [0.2, 0.25) is 0 Å². The molecular formula is C11H19N3. The number of rotatable bonds is 4. The predicted octanol–water partition coefficient (Wildman–Crippen LogP) is 1.00. The Kier molecular flexibility index (Phi) is 3.92. The predicted molar refractivity (Wildman–Crippen MR) is 61.4 cm³/mol. The maximum atomic E-state index is 5.71. The summed E-state index contributed by atoms with van der Waals surface area (Å²) in [5.41, 5.74) is 14.8. The second-order valence-corrected chi connectivity index (χ2v) is 3.70. The van der Waals surface area contributed by atoms with Crippen LogP contribution in [-0.2, 0) is 0 Å². The Hall–Kier alpha value is -1.06. The zero-order valence-electron chi connectivity index (χ0n) is 8.88. The van der Waals surface area contributed by atoms with Crippen molar-refractivity contribution in [3.8, 4) is 0 Å². The van der Waals surface area contributed by atoms with E-state index in [1.54, 1.807) is 0 Å². The van der Waals surface area contributed by atoms with Crippen LogP contribution in [0.25, 0.3) is 0 Å². The number of hydrogen-bond donors (Lipinski definition) is 3. The van der Waals surface area contributed by atoms with E-state index in [4.69, 9.17) is 11.5 Å². The summed E-state index contributed by atoms with van der Waals surface area (Å²) >= 11 is 0. The van der Waals surface area contributed by atoms with E-state index in [2.05, 4.69) is 37.4 Å². The van der Waals surface area contributed by atoms with Crippen molar-refractivity contribution in [2.45, 2.75) is 19.9 Å². The Morgan fingerprint density at radius 3 is 2.64 bits per heavy atom. The molecule has 0 aromatic heterocycles. The zero-order chi connectivity index (χ0) is 10.6. The molecule has 0 aliphatic rings. The zero-order valence-corrected chi connectivity index (χ0v) is 8.88. The summed E-state index contributed by atoms with van der Waals surface area (Å²) < 4.78 is 0. The van der Waals surface area contributed by atoms with E-state index in [-0.39, 0.29) is 6.04 Å². The molecule has 0 radical (unpaired) electrons. The second kappa shape index (κ2) is 4.98. The summed E-state index contributed by atoms with van der Waals surface area (Å²) in [6, 6.07) is 6.34. The van der Waals surface area contributed by atoms with E-state index in [0.717, 1.165) is 12.2 Å². The Morgan fingerprint density at radius 2 is 2.07 bits per heavy atom. The number of aryl methyl sites for hydroxylation is 2. The lowest BCUT2D eigenvalue weighted by atomic mass is 10.1. The van der Waals surface area contributed by atoms with Crippen molar-refractivity contribution in [3.63, 3.8) is 0 Å². The van der Waals surface area contributed by atoms with Crippen molar-refractivity contribution in [1.29, 1.82) is 0 Å². The monoisotopic (exact) mass is 193 g/mol. The van der Waals surface area contributed by atoms with Gasteiger partial charge in [-0.15, -0.1) is 0 Å². The van der Waals surface area contributed by atoms with Gasteiger partial charge in [-0.05, 0) is 25.5 Å². The molecule has 1 aromatic rings. The molecule has 1 rings (SSSR count). The van der Waals surface area contributed by atoms with Crippen LogP contribution < -0.4 is 16.8 Å². The van der Waals surface area contributed by atoms with Crippen molar-refractivity contribution in [3.05, 3.63) is 29.3 Å². The number of benzene rings is 1. The van der Waals surface area contributed by atoms with Gasteiger partial charge in [-0.1, -0.05) is 17.7 Å². The van der Waals surface area contributed by atoms with Gasteiger partial charge in [-0.3, -0.25) is 0 Å². The van der Waals surface area contributed by atoms with Crippen LogP contribution >= 0.6 is 0 Å². The van der Waals surface area contributed by atoms with Gasteiger partial charge in [0.1, 0.15) is 0 Å². The van der Waals surface area contributed by atoms with E-state index in [1.807, 2.05) is 0 Å². The maximum absolute atomic E-state index is 5.71. The minimum absolute atomic E-state index is 0.0238. The van der Waals surface area contributed by atoms with Gasteiger partial charge < -0.3 is 16.8 Å². The summed E-state index contributed by atoms with van der Waals surface area (Å²) in [5.74, 6) is 0. The Bertz CT molecular complexity index is 297. The molecule has 1 unspecified atom stereocenters. The highest BCUT2D eigenvalue weighted by molar-refractivity contribution is 5.51. The fourth-order valence-corrected chi connectivity index (χ4v) is 1.34.